The average Bonchev–Trinajstić information content (AvgIpc) is 3.36. The maximum atomic E-state index is 13.6. The SMILES string of the molecule is CC(C)Cc1nnc(N2C(=O)c3oc4ccc(Cl)cc4c(=O)c3C2c2ccc([N+](=O)[O-])cc2)s1. The summed E-state index contributed by atoms with van der Waals surface area (Å²) in [6.45, 7) is 4.10. The Labute approximate surface area is 201 Å². The fourth-order valence-electron chi connectivity index (χ4n) is 4.01. The zero-order chi connectivity index (χ0) is 24.1. The second-order valence-corrected chi connectivity index (χ2v) is 9.79. The van der Waals surface area contributed by atoms with E-state index in [0.717, 1.165) is 5.01 Å². The summed E-state index contributed by atoms with van der Waals surface area (Å²) in [6, 6.07) is 9.44. The third-order valence-electron chi connectivity index (χ3n) is 5.50. The van der Waals surface area contributed by atoms with Crippen LogP contribution < -0.4 is 10.3 Å². The van der Waals surface area contributed by atoms with Gasteiger partial charge in [-0.3, -0.25) is 24.6 Å². The highest BCUT2D eigenvalue weighted by Crippen LogP contribution is 2.42. The van der Waals surface area contributed by atoms with Crippen molar-refractivity contribution in [2.75, 3.05) is 4.90 Å². The number of rotatable bonds is 5. The maximum absolute atomic E-state index is 13.6. The molecule has 1 unspecified atom stereocenters. The van der Waals surface area contributed by atoms with Crippen LogP contribution >= 0.6 is 22.9 Å². The monoisotopic (exact) mass is 496 g/mol. The Morgan fingerprint density at radius 2 is 1.91 bits per heavy atom. The van der Waals surface area contributed by atoms with Crippen molar-refractivity contribution in [3.05, 3.63) is 89.7 Å². The highest BCUT2D eigenvalue weighted by atomic mass is 35.5. The second kappa shape index (κ2) is 8.30. The van der Waals surface area contributed by atoms with E-state index >= 15 is 0 Å². The Balaban J connectivity index is 1.73. The average molecular weight is 497 g/mol. The Hall–Kier alpha value is -3.63. The standard InChI is InChI=1S/C23H17ClN4O5S/c1-11(2)9-17-25-26-23(34-17)27-19(12-3-6-14(7-4-12)28(31)32)18-20(29)15-10-13(24)5-8-16(15)33-21(18)22(27)30/h3-8,10-11,19H,9H2,1-2H3. The molecule has 172 valence electrons. The molecule has 0 radical (unpaired) electrons. The highest BCUT2D eigenvalue weighted by Gasteiger charge is 2.45. The number of hydrogen-bond acceptors (Lipinski definition) is 8. The third-order valence-corrected chi connectivity index (χ3v) is 6.68. The van der Waals surface area contributed by atoms with Gasteiger partial charge in [0.05, 0.1) is 21.9 Å². The summed E-state index contributed by atoms with van der Waals surface area (Å²) in [5.41, 5.74) is 0.377. The van der Waals surface area contributed by atoms with Crippen LogP contribution in [0.5, 0.6) is 0 Å². The fraction of sp³-hybridized carbons (Fsp3) is 0.217. The molecule has 1 aliphatic heterocycles. The van der Waals surface area contributed by atoms with E-state index in [4.69, 9.17) is 16.0 Å². The number of amides is 1. The van der Waals surface area contributed by atoms with E-state index in [-0.39, 0.29) is 28.0 Å². The molecule has 1 aliphatic rings. The minimum atomic E-state index is -0.886. The molecule has 1 amide bonds. The van der Waals surface area contributed by atoms with E-state index in [1.54, 1.807) is 12.1 Å². The van der Waals surface area contributed by atoms with E-state index in [2.05, 4.69) is 24.0 Å². The van der Waals surface area contributed by atoms with Gasteiger partial charge in [-0.05, 0) is 41.8 Å². The molecule has 5 rings (SSSR count). The first-order chi connectivity index (χ1) is 16.2. The van der Waals surface area contributed by atoms with E-state index in [1.165, 1.54) is 46.6 Å². The number of hydrogen-bond donors (Lipinski definition) is 0. The number of nitro benzene ring substituents is 1. The van der Waals surface area contributed by atoms with Crippen LogP contribution in [0, 0.1) is 16.0 Å². The zero-order valence-corrected chi connectivity index (χ0v) is 19.6. The van der Waals surface area contributed by atoms with Gasteiger partial charge in [-0.15, -0.1) is 10.2 Å². The molecule has 0 aliphatic carbocycles. The smallest absolute Gasteiger partial charge is 0.297 e. The molecule has 1 atom stereocenters. The van der Waals surface area contributed by atoms with E-state index in [0.29, 0.717) is 28.1 Å². The Morgan fingerprint density at radius 3 is 2.59 bits per heavy atom. The molecule has 0 spiro atoms. The Kier molecular flexibility index (Phi) is 5.41. The van der Waals surface area contributed by atoms with Crippen LogP contribution in [0.4, 0.5) is 10.8 Å². The molecule has 34 heavy (non-hydrogen) atoms. The number of carbonyl (C=O) groups is 1. The fourth-order valence-corrected chi connectivity index (χ4v) is 5.26. The Morgan fingerprint density at radius 1 is 1.18 bits per heavy atom. The van der Waals surface area contributed by atoms with Crippen LogP contribution in [0.3, 0.4) is 0 Å². The van der Waals surface area contributed by atoms with Gasteiger partial charge in [-0.25, -0.2) is 0 Å². The van der Waals surface area contributed by atoms with Gasteiger partial charge in [-0.1, -0.05) is 36.8 Å². The van der Waals surface area contributed by atoms with Gasteiger partial charge in [0.25, 0.3) is 11.6 Å². The highest BCUT2D eigenvalue weighted by molar-refractivity contribution is 7.15. The van der Waals surface area contributed by atoms with Crippen LogP contribution in [-0.2, 0) is 6.42 Å². The Bertz CT molecular complexity index is 1510. The minimum Gasteiger partial charge on any atom is -0.450 e. The molecule has 3 heterocycles. The molecule has 0 saturated heterocycles. The molecule has 2 aromatic carbocycles. The topological polar surface area (TPSA) is 119 Å². The van der Waals surface area contributed by atoms with Gasteiger partial charge in [0.15, 0.2) is 5.43 Å². The third kappa shape index (κ3) is 3.64. The number of nitro groups is 1. The van der Waals surface area contributed by atoms with E-state index in [1.807, 2.05) is 0 Å². The first kappa shape index (κ1) is 22.2. The molecule has 0 fully saturated rings. The molecule has 9 nitrogen and oxygen atoms in total. The summed E-state index contributed by atoms with van der Waals surface area (Å²) in [6.07, 6.45) is 0.689. The van der Waals surface area contributed by atoms with Crippen LogP contribution in [0.25, 0.3) is 11.0 Å². The van der Waals surface area contributed by atoms with Gasteiger partial charge >= 0.3 is 0 Å². The van der Waals surface area contributed by atoms with Crippen molar-refractivity contribution in [2.24, 2.45) is 5.92 Å². The summed E-state index contributed by atoms with van der Waals surface area (Å²) < 4.78 is 5.89. The molecule has 0 bridgehead atoms. The second-order valence-electron chi connectivity index (χ2n) is 8.32. The van der Waals surface area contributed by atoms with Crippen LogP contribution in [0.2, 0.25) is 5.02 Å². The number of non-ortho nitro benzene ring substituents is 1. The predicted molar refractivity (Wildman–Crippen MR) is 128 cm³/mol. The molecular formula is C23H17ClN4O5S. The van der Waals surface area contributed by atoms with Crippen molar-refractivity contribution >= 4 is 50.6 Å². The zero-order valence-electron chi connectivity index (χ0n) is 18.0. The van der Waals surface area contributed by atoms with Gasteiger partial charge in [0.2, 0.25) is 10.9 Å². The first-order valence-corrected chi connectivity index (χ1v) is 11.6. The van der Waals surface area contributed by atoms with Crippen molar-refractivity contribution in [2.45, 2.75) is 26.3 Å². The summed E-state index contributed by atoms with van der Waals surface area (Å²) in [5.74, 6) is -0.278. The number of carbonyl (C=O) groups excluding carboxylic acids is 1. The van der Waals surface area contributed by atoms with Crippen LogP contribution in [0.15, 0.2) is 51.7 Å². The van der Waals surface area contributed by atoms with Crippen LogP contribution in [0.1, 0.15) is 46.6 Å². The quantitative estimate of drug-likeness (QED) is 0.276. The van der Waals surface area contributed by atoms with Gasteiger partial charge in [0.1, 0.15) is 10.6 Å². The lowest BCUT2D eigenvalue weighted by molar-refractivity contribution is -0.384. The minimum absolute atomic E-state index is 0.0937. The van der Waals surface area contributed by atoms with E-state index < -0.39 is 22.3 Å². The van der Waals surface area contributed by atoms with Crippen molar-refractivity contribution in [1.82, 2.24) is 10.2 Å². The van der Waals surface area contributed by atoms with Crippen molar-refractivity contribution < 1.29 is 14.1 Å². The molecule has 2 aromatic heterocycles. The van der Waals surface area contributed by atoms with Gasteiger partial charge < -0.3 is 4.42 Å². The van der Waals surface area contributed by atoms with Gasteiger partial charge in [-0.2, -0.15) is 0 Å². The summed E-state index contributed by atoms with van der Waals surface area (Å²) >= 11 is 7.36. The molecular weight excluding hydrogens is 480 g/mol. The lowest BCUT2D eigenvalue weighted by atomic mass is 9.98. The largest absolute Gasteiger partial charge is 0.450 e. The van der Waals surface area contributed by atoms with Crippen molar-refractivity contribution in [1.29, 1.82) is 0 Å². The number of anilines is 1. The lowest BCUT2D eigenvalue weighted by Crippen LogP contribution is -2.29. The summed E-state index contributed by atoms with van der Waals surface area (Å²) in [7, 11) is 0. The number of fused-ring (bicyclic) bond motifs is 2. The first-order valence-electron chi connectivity index (χ1n) is 10.4. The van der Waals surface area contributed by atoms with Crippen molar-refractivity contribution in [3.8, 4) is 0 Å². The molecule has 11 heteroatoms. The molecule has 4 aromatic rings. The normalized spacial score (nSPS) is 15.4. The van der Waals surface area contributed by atoms with Crippen molar-refractivity contribution in [3.63, 3.8) is 0 Å². The molecule has 0 saturated carbocycles. The number of nitrogens with zero attached hydrogens (tertiary/aromatic N) is 4. The summed E-state index contributed by atoms with van der Waals surface area (Å²) in [4.78, 5) is 39.1. The molecule has 0 N–H and O–H groups in total. The van der Waals surface area contributed by atoms with Gasteiger partial charge in [0, 0.05) is 23.6 Å². The van der Waals surface area contributed by atoms with Crippen LogP contribution in [-0.4, -0.2) is 21.0 Å². The predicted octanol–water partition coefficient (Wildman–Crippen LogP) is 5.15. The van der Waals surface area contributed by atoms with E-state index in [9.17, 15) is 19.7 Å². The number of halogens is 1. The lowest BCUT2D eigenvalue weighted by Gasteiger charge is -2.21. The maximum Gasteiger partial charge on any atom is 0.297 e. The summed E-state index contributed by atoms with van der Waals surface area (Å²) in [5, 5.41) is 21.2. The number of aromatic nitrogens is 2. The number of benzene rings is 2.